The van der Waals surface area contributed by atoms with E-state index in [0.717, 1.165) is 12.1 Å². The van der Waals surface area contributed by atoms with E-state index in [2.05, 4.69) is 15.3 Å². The van der Waals surface area contributed by atoms with Gasteiger partial charge in [-0.1, -0.05) is 6.92 Å². The average Bonchev–Trinajstić information content (AvgIpc) is 2.47. The van der Waals surface area contributed by atoms with Gasteiger partial charge in [0.15, 0.2) is 0 Å². The molecule has 6 heteroatoms. The second-order valence-electron chi connectivity index (χ2n) is 4.19. The second-order valence-corrected chi connectivity index (χ2v) is 4.19. The lowest BCUT2D eigenvalue weighted by Gasteiger charge is -2.18. The summed E-state index contributed by atoms with van der Waals surface area (Å²) in [6, 6.07) is 4.57. The van der Waals surface area contributed by atoms with Gasteiger partial charge in [0, 0.05) is 17.8 Å². The molecule has 0 spiro atoms. The van der Waals surface area contributed by atoms with E-state index in [1.54, 1.807) is 6.07 Å². The van der Waals surface area contributed by atoms with Crippen molar-refractivity contribution >= 4 is 5.95 Å². The van der Waals surface area contributed by atoms with E-state index in [1.165, 1.54) is 19.4 Å². The monoisotopic (exact) mass is 279 g/mol. The van der Waals surface area contributed by atoms with Crippen molar-refractivity contribution in [1.82, 2.24) is 9.97 Å². The van der Waals surface area contributed by atoms with E-state index in [1.807, 2.05) is 6.92 Å². The highest BCUT2D eigenvalue weighted by atomic mass is 19.1. The maximum Gasteiger partial charge on any atom is 0.226 e. The zero-order chi connectivity index (χ0) is 14.5. The van der Waals surface area contributed by atoms with Crippen molar-refractivity contribution in [1.29, 1.82) is 0 Å². The van der Waals surface area contributed by atoms with E-state index in [0.29, 0.717) is 18.2 Å². The van der Waals surface area contributed by atoms with Gasteiger partial charge in [-0.2, -0.15) is 4.98 Å². The average molecular weight is 279 g/mol. The molecule has 4 nitrogen and oxygen atoms in total. The van der Waals surface area contributed by atoms with Crippen LogP contribution in [0.15, 0.2) is 30.5 Å². The first-order valence-electron chi connectivity index (χ1n) is 6.22. The number of anilines is 1. The van der Waals surface area contributed by atoms with Gasteiger partial charge in [-0.25, -0.2) is 13.8 Å². The van der Waals surface area contributed by atoms with Gasteiger partial charge in [-0.3, -0.25) is 0 Å². The Bertz CT molecular complexity index is 592. The van der Waals surface area contributed by atoms with Crippen molar-refractivity contribution in [2.75, 3.05) is 12.4 Å². The molecule has 2 rings (SSSR count). The molecule has 0 fully saturated rings. The van der Waals surface area contributed by atoms with Gasteiger partial charge in [0.05, 0.1) is 13.2 Å². The first-order valence-corrected chi connectivity index (χ1v) is 6.22. The number of rotatable bonds is 5. The van der Waals surface area contributed by atoms with Crippen molar-refractivity contribution < 1.29 is 13.5 Å². The third kappa shape index (κ3) is 3.20. The molecule has 1 aromatic carbocycles. The Morgan fingerprint density at radius 2 is 2.10 bits per heavy atom. The van der Waals surface area contributed by atoms with Crippen LogP contribution in [0, 0.1) is 11.6 Å². The number of halogens is 2. The summed E-state index contributed by atoms with van der Waals surface area (Å²) in [6.07, 6.45) is 2.09. The van der Waals surface area contributed by atoms with Gasteiger partial charge in [-0.15, -0.1) is 0 Å². The number of hydrogen-bond acceptors (Lipinski definition) is 4. The number of ether oxygens (including phenoxy) is 1. The maximum absolute atomic E-state index is 13.8. The van der Waals surface area contributed by atoms with E-state index >= 15 is 0 Å². The number of nitrogens with zero attached hydrogens (tertiary/aromatic N) is 2. The molecule has 0 aliphatic rings. The van der Waals surface area contributed by atoms with Crippen molar-refractivity contribution in [3.8, 4) is 5.88 Å². The molecule has 0 amide bonds. The van der Waals surface area contributed by atoms with Gasteiger partial charge in [0.25, 0.3) is 0 Å². The quantitative estimate of drug-likeness (QED) is 0.912. The lowest BCUT2D eigenvalue weighted by Crippen LogP contribution is -2.14. The third-order valence-corrected chi connectivity index (χ3v) is 2.88. The summed E-state index contributed by atoms with van der Waals surface area (Å²) < 4.78 is 32.0. The molecule has 0 saturated heterocycles. The Hall–Kier alpha value is -2.24. The van der Waals surface area contributed by atoms with Crippen molar-refractivity contribution in [3.63, 3.8) is 0 Å². The highest BCUT2D eigenvalue weighted by Gasteiger charge is 2.16. The first kappa shape index (κ1) is 14.2. The molecular formula is C14H15F2N3O. The zero-order valence-electron chi connectivity index (χ0n) is 11.2. The van der Waals surface area contributed by atoms with Gasteiger partial charge in [0.2, 0.25) is 11.8 Å². The molecule has 1 aromatic heterocycles. The molecule has 1 atom stereocenters. The molecular weight excluding hydrogens is 264 g/mol. The normalized spacial score (nSPS) is 12.0. The predicted molar refractivity (Wildman–Crippen MR) is 71.6 cm³/mol. The minimum Gasteiger partial charge on any atom is -0.481 e. The molecule has 1 unspecified atom stereocenters. The Balaban J connectivity index is 2.26. The molecule has 2 aromatic rings. The van der Waals surface area contributed by atoms with E-state index in [-0.39, 0.29) is 5.56 Å². The summed E-state index contributed by atoms with van der Waals surface area (Å²) in [5.74, 6) is -0.237. The minimum atomic E-state index is -0.479. The van der Waals surface area contributed by atoms with Crippen molar-refractivity contribution in [2.45, 2.75) is 19.4 Å². The van der Waals surface area contributed by atoms with Crippen molar-refractivity contribution in [3.05, 3.63) is 47.7 Å². The summed E-state index contributed by atoms with van der Waals surface area (Å²) >= 11 is 0. The summed E-state index contributed by atoms with van der Waals surface area (Å²) in [5.41, 5.74) is 0.249. The summed E-state index contributed by atoms with van der Waals surface area (Å²) in [5, 5.41) is 2.98. The number of hydrogen-bond donors (Lipinski definition) is 1. The van der Waals surface area contributed by atoms with Crippen LogP contribution in [0.3, 0.4) is 0 Å². The lowest BCUT2D eigenvalue weighted by atomic mass is 10.0. The molecule has 0 bridgehead atoms. The smallest absolute Gasteiger partial charge is 0.226 e. The van der Waals surface area contributed by atoms with Crippen LogP contribution >= 0.6 is 0 Å². The molecule has 0 radical (unpaired) electrons. The summed E-state index contributed by atoms with van der Waals surface area (Å²) in [7, 11) is 1.50. The van der Waals surface area contributed by atoms with Crippen LogP contribution < -0.4 is 10.1 Å². The molecule has 1 N–H and O–H groups in total. The van der Waals surface area contributed by atoms with Crippen LogP contribution in [-0.4, -0.2) is 17.1 Å². The first-order chi connectivity index (χ1) is 9.63. The highest BCUT2D eigenvalue weighted by Crippen LogP contribution is 2.24. The molecule has 106 valence electrons. The summed E-state index contributed by atoms with van der Waals surface area (Å²) in [4.78, 5) is 8.13. The lowest BCUT2D eigenvalue weighted by molar-refractivity contribution is 0.397. The SMILES string of the molecule is CCC(Nc1nccc(OC)n1)c1cc(F)ccc1F. The van der Waals surface area contributed by atoms with Crippen LogP contribution in [-0.2, 0) is 0 Å². The third-order valence-electron chi connectivity index (χ3n) is 2.88. The van der Waals surface area contributed by atoms with Gasteiger partial charge in [0.1, 0.15) is 11.6 Å². The van der Waals surface area contributed by atoms with Gasteiger partial charge < -0.3 is 10.1 Å². The molecule has 20 heavy (non-hydrogen) atoms. The van der Waals surface area contributed by atoms with Crippen LogP contribution in [0.5, 0.6) is 5.88 Å². The van der Waals surface area contributed by atoms with Crippen LogP contribution in [0.4, 0.5) is 14.7 Å². The van der Waals surface area contributed by atoms with Crippen molar-refractivity contribution in [2.24, 2.45) is 0 Å². The maximum atomic E-state index is 13.8. The predicted octanol–water partition coefficient (Wildman–Crippen LogP) is 3.33. The Morgan fingerprint density at radius 3 is 2.80 bits per heavy atom. The molecule has 0 aliphatic heterocycles. The van der Waals surface area contributed by atoms with Crippen LogP contribution in [0.25, 0.3) is 0 Å². The fraction of sp³-hybridized carbons (Fsp3) is 0.286. The Labute approximate surface area is 115 Å². The highest BCUT2D eigenvalue weighted by molar-refractivity contribution is 5.34. The Morgan fingerprint density at radius 1 is 1.30 bits per heavy atom. The van der Waals surface area contributed by atoms with E-state index in [9.17, 15) is 8.78 Å². The largest absolute Gasteiger partial charge is 0.481 e. The number of aromatic nitrogens is 2. The summed E-state index contributed by atoms with van der Waals surface area (Å²) in [6.45, 7) is 1.86. The number of benzene rings is 1. The standard InChI is InChI=1S/C14H15F2N3O/c1-3-12(10-8-9(15)4-5-11(10)16)18-14-17-7-6-13(19-14)20-2/h4-8,12H,3H2,1-2H3,(H,17,18,19). The topological polar surface area (TPSA) is 47.0 Å². The zero-order valence-corrected chi connectivity index (χ0v) is 11.2. The fourth-order valence-corrected chi connectivity index (χ4v) is 1.86. The molecule has 0 saturated carbocycles. The molecule has 0 aliphatic carbocycles. The van der Waals surface area contributed by atoms with E-state index < -0.39 is 17.7 Å². The van der Waals surface area contributed by atoms with Gasteiger partial charge in [-0.05, 0) is 24.6 Å². The second kappa shape index (κ2) is 6.27. The van der Waals surface area contributed by atoms with Gasteiger partial charge >= 0.3 is 0 Å². The van der Waals surface area contributed by atoms with E-state index in [4.69, 9.17) is 4.74 Å². The number of methoxy groups -OCH3 is 1. The Kier molecular flexibility index (Phi) is 4.45. The van der Waals surface area contributed by atoms with Crippen LogP contribution in [0.1, 0.15) is 24.9 Å². The minimum absolute atomic E-state index is 0.249. The fourth-order valence-electron chi connectivity index (χ4n) is 1.86. The molecule has 1 heterocycles. The van der Waals surface area contributed by atoms with Crippen LogP contribution in [0.2, 0.25) is 0 Å². The number of nitrogens with one attached hydrogen (secondary N) is 1.